The Morgan fingerprint density at radius 3 is 2.79 bits per heavy atom. The Hall–Kier alpha value is -1.38. The van der Waals surface area contributed by atoms with Crippen molar-refractivity contribution >= 4 is 5.91 Å². The number of halogens is 1. The van der Waals surface area contributed by atoms with Gasteiger partial charge in [0.1, 0.15) is 5.82 Å². The molecule has 0 radical (unpaired) electrons. The average molecular weight is 261 g/mol. The monoisotopic (exact) mass is 261 g/mol. The average Bonchev–Trinajstić information content (AvgIpc) is 3.00. The van der Waals surface area contributed by atoms with Crippen LogP contribution in [0.3, 0.4) is 0 Å². The third-order valence-electron chi connectivity index (χ3n) is 4.77. The molecule has 0 unspecified atom stereocenters. The van der Waals surface area contributed by atoms with Crippen LogP contribution >= 0.6 is 0 Å². The molecule has 2 aliphatic rings. The third-order valence-corrected chi connectivity index (χ3v) is 4.77. The van der Waals surface area contributed by atoms with E-state index in [1.54, 1.807) is 18.2 Å². The van der Waals surface area contributed by atoms with Crippen LogP contribution in [0.4, 0.5) is 4.39 Å². The summed E-state index contributed by atoms with van der Waals surface area (Å²) in [6, 6.07) is 6.60. The van der Waals surface area contributed by atoms with Gasteiger partial charge in [0, 0.05) is 18.5 Å². The summed E-state index contributed by atoms with van der Waals surface area (Å²) in [5, 5.41) is 2.85. The first-order valence-electron chi connectivity index (χ1n) is 7.22. The van der Waals surface area contributed by atoms with Gasteiger partial charge < -0.3 is 5.32 Å². The Bertz CT molecular complexity index is 474. The van der Waals surface area contributed by atoms with Crippen LogP contribution < -0.4 is 5.32 Å². The van der Waals surface area contributed by atoms with Crippen molar-refractivity contribution in [1.29, 1.82) is 0 Å². The molecule has 1 amide bonds. The van der Waals surface area contributed by atoms with Gasteiger partial charge in [-0.1, -0.05) is 24.6 Å². The topological polar surface area (TPSA) is 29.1 Å². The number of carbonyl (C=O) groups excluding carboxylic acids is 1. The van der Waals surface area contributed by atoms with Gasteiger partial charge in [0.05, 0.1) is 0 Å². The minimum Gasteiger partial charge on any atom is -0.352 e. The molecule has 1 aromatic rings. The Morgan fingerprint density at radius 2 is 2.11 bits per heavy atom. The van der Waals surface area contributed by atoms with Crippen molar-refractivity contribution in [3.8, 4) is 0 Å². The van der Waals surface area contributed by atoms with Gasteiger partial charge in [0.2, 0.25) is 5.91 Å². The molecule has 1 aromatic carbocycles. The molecular formula is C16H20FNO. The maximum absolute atomic E-state index is 13.4. The van der Waals surface area contributed by atoms with E-state index in [0.717, 1.165) is 11.8 Å². The lowest BCUT2D eigenvalue weighted by Gasteiger charge is -2.20. The molecule has 19 heavy (non-hydrogen) atoms. The van der Waals surface area contributed by atoms with E-state index in [4.69, 9.17) is 0 Å². The van der Waals surface area contributed by atoms with Gasteiger partial charge >= 0.3 is 0 Å². The molecule has 0 spiro atoms. The summed E-state index contributed by atoms with van der Waals surface area (Å²) in [6.45, 7) is 0.298. The van der Waals surface area contributed by atoms with Crippen molar-refractivity contribution < 1.29 is 9.18 Å². The lowest BCUT2D eigenvalue weighted by molar-refractivity contribution is -0.122. The molecule has 0 aliphatic heterocycles. The number of carbonyl (C=O) groups is 1. The zero-order valence-corrected chi connectivity index (χ0v) is 11.1. The Labute approximate surface area is 113 Å². The highest BCUT2D eigenvalue weighted by Gasteiger charge is 2.39. The van der Waals surface area contributed by atoms with E-state index < -0.39 is 0 Å². The number of rotatable bonds is 4. The Balaban J connectivity index is 1.48. The summed E-state index contributed by atoms with van der Waals surface area (Å²) in [5.74, 6) is 2.03. The smallest absolute Gasteiger partial charge is 0.220 e. The van der Waals surface area contributed by atoms with E-state index in [1.807, 2.05) is 0 Å². The van der Waals surface area contributed by atoms with Crippen LogP contribution in [0.15, 0.2) is 24.3 Å². The summed E-state index contributed by atoms with van der Waals surface area (Å²) in [4.78, 5) is 11.9. The summed E-state index contributed by atoms with van der Waals surface area (Å²) in [6.07, 6.45) is 5.83. The maximum Gasteiger partial charge on any atom is 0.220 e. The second kappa shape index (κ2) is 5.32. The lowest BCUT2D eigenvalue weighted by Crippen LogP contribution is -2.27. The minimum atomic E-state index is -0.247. The fourth-order valence-electron chi connectivity index (χ4n) is 3.77. The van der Waals surface area contributed by atoms with Gasteiger partial charge in [-0.05, 0) is 43.1 Å². The van der Waals surface area contributed by atoms with Crippen molar-refractivity contribution in [2.45, 2.75) is 38.6 Å². The standard InChI is InChI=1S/C16H20FNO/c17-15-4-2-1-3-13(15)10-18-16(19)9-14-8-11-5-6-12(14)7-11/h1-4,11-12,14H,5-10H2,(H,18,19)/t11-,12-,14+/m1/s1. The molecule has 2 aliphatic carbocycles. The minimum absolute atomic E-state index is 0.0702. The van der Waals surface area contributed by atoms with Crippen LogP contribution in [0.25, 0.3) is 0 Å². The van der Waals surface area contributed by atoms with Crippen LogP contribution in [0, 0.1) is 23.6 Å². The van der Waals surface area contributed by atoms with Crippen molar-refractivity contribution in [1.82, 2.24) is 5.32 Å². The van der Waals surface area contributed by atoms with Crippen molar-refractivity contribution in [2.24, 2.45) is 17.8 Å². The maximum atomic E-state index is 13.4. The van der Waals surface area contributed by atoms with Crippen molar-refractivity contribution in [2.75, 3.05) is 0 Å². The SMILES string of the molecule is O=C(C[C@@H]1C[C@@H]2CC[C@@H]1C2)NCc1ccccc1F. The Kier molecular flexibility index (Phi) is 3.54. The van der Waals surface area contributed by atoms with E-state index in [0.29, 0.717) is 24.4 Å². The molecule has 2 saturated carbocycles. The molecule has 102 valence electrons. The van der Waals surface area contributed by atoms with E-state index in [2.05, 4.69) is 5.32 Å². The third kappa shape index (κ3) is 2.80. The molecule has 2 nitrogen and oxygen atoms in total. The highest BCUT2D eigenvalue weighted by molar-refractivity contribution is 5.76. The van der Waals surface area contributed by atoms with Gasteiger partial charge in [-0.15, -0.1) is 0 Å². The number of nitrogens with one attached hydrogen (secondary N) is 1. The second-order valence-electron chi connectivity index (χ2n) is 6.01. The number of amides is 1. The quantitative estimate of drug-likeness (QED) is 0.885. The van der Waals surface area contributed by atoms with Crippen LogP contribution in [0.5, 0.6) is 0 Å². The van der Waals surface area contributed by atoms with E-state index >= 15 is 0 Å². The van der Waals surface area contributed by atoms with Gasteiger partial charge in [-0.3, -0.25) is 4.79 Å². The van der Waals surface area contributed by atoms with Crippen LogP contribution in [-0.4, -0.2) is 5.91 Å². The molecule has 2 fully saturated rings. The van der Waals surface area contributed by atoms with Gasteiger partial charge in [-0.25, -0.2) is 4.39 Å². The normalized spacial score (nSPS) is 28.6. The highest BCUT2D eigenvalue weighted by Crippen LogP contribution is 2.49. The van der Waals surface area contributed by atoms with Crippen LogP contribution in [0.2, 0.25) is 0 Å². The fraction of sp³-hybridized carbons (Fsp3) is 0.562. The number of hydrogen-bond acceptors (Lipinski definition) is 1. The first-order valence-corrected chi connectivity index (χ1v) is 7.22. The van der Waals surface area contributed by atoms with Gasteiger partial charge in [0.25, 0.3) is 0 Å². The number of fused-ring (bicyclic) bond motifs is 2. The summed E-state index contributed by atoms with van der Waals surface area (Å²) >= 11 is 0. The zero-order chi connectivity index (χ0) is 13.2. The fourth-order valence-corrected chi connectivity index (χ4v) is 3.77. The number of hydrogen-bond donors (Lipinski definition) is 1. The molecule has 3 rings (SSSR count). The van der Waals surface area contributed by atoms with Crippen molar-refractivity contribution in [3.05, 3.63) is 35.6 Å². The zero-order valence-electron chi connectivity index (χ0n) is 11.1. The van der Waals surface area contributed by atoms with E-state index in [1.165, 1.54) is 31.7 Å². The van der Waals surface area contributed by atoms with Gasteiger partial charge in [0.15, 0.2) is 0 Å². The summed E-state index contributed by atoms with van der Waals surface area (Å²) < 4.78 is 13.4. The number of benzene rings is 1. The van der Waals surface area contributed by atoms with Crippen molar-refractivity contribution in [3.63, 3.8) is 0 Å². The molecule has 3 atom stereocenters. The van der Waals surface area contributed by atoms with Gasteiger partial charge in [-0.2, -0.15) is 0 Å². The summed E-state index contributed by atoms with van der Waals surface area (Å²) in [7, 11) is 0. The van der Waals surface area contributed by atoms with Crippen LogP contribution in [-0.2, 0) is 11.3 Å². The molecule has 0 saturated heterocycles. The predicted octanol–water partition coefficient (Wildman–Crippen LogP) is 3.27. The molecule has 2 bridgehead atoms. The molecule has 0 heterocycles. The first kappa shape index (κ1) is 12.6. The lowest BCUT2D eigenvalue weighted by atomic mass is 9.86. The van der Waals surface area contributed by atoms with Crippen LogP contribution in [0.1, 0.15) is 37.7 Å². The molecule has 3 heteroatoms. The summed E-state index contributed by atoms with van der Waals surface area (Å²) in [5.41, 5.74) is 0.559. The second-order valence-corrected chi connectivity index (χ2v) is 6.01. The van der Waals surface area contributed by atoms with E-state index in [9.17, 15) is 9.18 Å². The predicted molar refractivity (Wildman–Crippen MR) is 71.8 cm³/mol. The molecule has 1 N–H and O–H groups in total. The van der Waals surface area contributed by atoms with E-state index in [-0.39, 0.29) is 11.7 Å². The first-order chi connectivity index (χ1) is 9.22. The largest absolute Gasteiger partial charge is 0.352 e. The highest BCUT2D eigenvalue weighted by atomic mass is 19.1. The molecular weight excluding hydrogens is 241 g/mol. The molecule has 0 aromatic heterocycles. The Morgan fingerprint density at radius 1 is 1.26 bits per heavy atom.